The summed E-state index contributed by atoms with van der Waals surface area (Å²) in [5.41, 5.74) is 21.4. The summed E-state index contributed by atoms with van der Waals surface area (Å²) in [6, 6.07) is 66.2. The molecule has 10 rings (SSSR count). The molecule has 0 bridgehead atoms. The second-order valence-electron chi connectivity index (χ2n) is 22.0. The molecule has 13 heteroatoms. The van der Waals surface area contributed by atoms with Crippen LogP contribution >= 0.6 is 31.9 Å². The lowest BCUT2D eigenvalue weighted by Gasteiger charge is -2.23. The quantitative estimate of drug-likeness (QED) is 0.115. The number of fused-ring (bicyclic) bond motifs is 2. The van der Waals surface area contributed by atoms with Gasteiger partial charge in [-0.25, -0.2) is 4.79 Å². The number of carboxylic acids is 1. The fourth-order valence-electron chi connectivity index (χ4n) is 9.58. The molecule has 10 aromatic rings. The van der Waals surface area contributed by atoms with Crippen LogP contribution in [0.15, 0.2) is 215 Å². The monoisotopic (exact) mass is 1230 g/mol. The zero-order chi connectivity index (χ0) is 60.4. The van der Waals surface area contributed by atoms with Crippen LogP contribution in [0, 0.1) is 0 Å². The third-order valence-corrected chi connectivity index (χ3v) is 14.9. The Morgan fingerprint density at radius 1 is 0.518 bits per heavy atom. The Hall–Kier alpha value is -8.54. The lowest BCUT2D eigenvalue weighted by atomic mass is 9.82. The molecule has 11 nitrogen and oxygen atoms in total. The van der Waals surface area contributed by atoms with Gasteiger partial charge in [-0.3, -0.25) is 4.79 Å². The van der Waals surface area contributed by atoms with Crippen molar-refractivity contribution in [2.75, 3.05) is 0 Å². The molecule has 1 amide bonds. The van der Waals surface area contributed by atoms with E-state index in [4.69, 9.17) is 30.0 Å². The van der Waals surface area contributed by atoms with Crippen molar-refractivity contribution in [3.63, 3.8) is 0 Å². The predicted octanol–water partition coefficient (Wildman–Crippen LogP) is 16.6. The molecule has 0 spiro atoms. The molecule has 0 saturated carbocycles. The average Bonchev–Trinajstić information content (AvgIpc) is 4.09. The third kappa shape index (κ3) is 17.7. The van der Waals surface area contributed by atoms with Gasteiger partial charge >= 0.3 is 18.3 Å². The van der Waals surface area contributed by atoms with E-state index in [2.05, 4.69) is 197 Å². The minimum atomic E-state index is -0.897. The Kier molecular flexibility index (Phi) is 22.6. The second kappa shape index (κ2) is 29.4. The highest BCUT2D eigenvalue weighted by atomic mass is 79.9. The minimum Gasteiger partial charge on any atom is -0.478 e. The van der Waals surface area contributed by atoms with Crippen molar-refractivity contribution in [2.24, 2.45) is 5.73 Å². The molecular formula is C70H68Br2N4O7. The zero-order valence-electron chi connectivity index (χ0n) is 47.8. The normalized spacial score (nSPS) is 11.6. The van der Waals surface area contributed by atoms with Gasteiger partial charge in [-0.15, -0.1) is 0 Å². The molecule has 0 aliphatic carbocycles. The van der Waals surface area contributed by atoms with Crippen molar-refractivity contribution >= 4 is 77.8 Å². The molecule has 2 heterocycles. The highest BCUT2D eigenvalue weighted by Gasteiger charge is 2.20. The number of benzene rings is 8. The molecule has 8 aromatic carbocycles. The Morgan fingerprint density at radius 2 is 0.892 bits per heavy atom. The third-order valence-electron chi connectivity index (χ3n) is 13.9. The number of nitrogens with zero attached hydrogens (tertiary/aromatic N) is 2. The van der Waals surface area contributed by atoms with Gasteiger partial charge < -0.3 is 25.3 Å². The Morgan fingerprint density at radius 3 is 1.28 bits per heavy atom. The highest BCUT2D eigenvalue weighted by molar-refractivity contribution is 9.10. The predicted molar refractivity (Wildman–Crippen MR) is 337 cm³/mol. The van der Waals surface area contributed by atoms with E-state index < -0.39 is 5.97 Å². The molecule has 0 fully saturated rings. The fourth-order valence-corrected chi connectivity index (χ4v) is 10.1. The van der Waals surface area contributed by atoms with Crippen LogP contribution in [0.3, 0.4) is 0 Å². The summed E-state index contributed by atoms with van der Waals surface area (Å²) >= 11 is 6.81. The Balaban J connectivity index is 0.000000215. The van der Waals surface area contributed by atoms with E-state index in [0.717, 1.165) is 49.4 Å². The van der Waals surface area contributed by atoms with Crippen molar-refractivity contribution in [3.05, 3.63) is 260 Å². The minimum absolute atomic E-state index is 0.0683. The molecular weight excluding hydrogens is 1170 g/mol. The van der Waals surface area contributed by atoms with E-state index in [-0.39, 0.29) is 41.1 Å². The van der Waals surface area contributed by atoms with Crippen LogP contribution in [-0.2, 0) is 43.1 Å². The Labute approximate surface area is 502 Å². The standard InChI is InChI=1S/C34H33BrN2O.C26H25NO2.C8H10BrN.2CO2/c1-23(25-13-16-29(35)17-14-25)36-33(38)28-15-18-32-27(21-28)19-20-37(32)22-24-9-11-26(12-10-24)30-7-5-6-8-31(30)34(2,3)4;1-26(2,3)23-7-5-4-6-22(23)19-10-8-18(9-11-19)17-27-15-14-20-16-21(25(28)29)12-13-24(20)27;1-6(10)7-2-4-8(9)5-3-7;2*2-1-3/h5-21,23H,22H2,1-4H3,(H,36,38);4-16H,17H2,1-3H3,(H,28,29);2-6H,10H2,1H3;;/t23-;;6-;;/m0.0../s1. The fraction of sp³-hybridized carbons (Fsp3) is 0.200. The van der Waals surface area contributed by atoms with Crippen LogP contribution in [0.1, 0.15) is 122 Å². The summed E-state index contributed by atoms with van der Waals surface area (Å²) in [7, 11) is 0. The highest BCUT2D eigenvalue weighted by Crippen LogP contribution is 2.35. The number of aromatic nitrogens is 2. The van der Waals surface area contributed by atoms with Crippen LogP contribution in [0.5, 0.6) is 0 Å². The zero-order valence-corrected chi connectivity index (χ0v) is 51.0. The summed E-state index contributed by atoms with van der Waals surface area (Å²) < 4.78 is 6.51. The van der Waals surface area contributed by atoms with Crippen molar-refractivity contribution < 1.29 is 33.9 Å². The number of rotatable bonds is 11. The van der Waals surface area contributed by atoms with E-state index in [0.29, 0.717) is 11.1 Å². The van der Waals surface area contributed by atoms with Gasteiger partial charge in [0, 0.05) is 67.8 Å². The second-order valence-corrected chi connectivity index (χ2v) is 23.8. The molecule has 2 aromatic heterocycles. The van der Waals surface area contributed by atoms with Gasteiger partial charge in [0.25, 0.3) is 5.91 Å². The number of carbonyl (C=O) groups excluding carboxylic acids is 5. The van der Waals surface area contributed by atoms with Gasteiger partial charge in [0.2, 0.25) is 0 Å². The average molecular weight is 1240 g/mol. The smallest absolute Gasteiger partial charge is 0.373 e. The number of nitrogens with two attached hydrogens (primary N) is 1. The van der Waals surface area contributed by atoms with Crippen LogP contribution in [-0.4, -0.2) is 38.4 Å². The van der Waals surface area contributed by atoms with Crippen LogP contribution in [0.2, 0.25) is 0 Å². The van der Waals surface area contributed by atoms with Gasteiger partial charge in [-0.2, -0.15) is 19.2 Å². The van der Waals surface area contributed by atoms with E-state index in [1.807, 2.05) is 98.9 Å². The maximum absolute atomic E-state index is 12.9. The first-order chi connectivity index (χ1) is 39.5. The maximum Gasteiger partial charge on any atom is 0.373 e. The number of halogens is 2. The SMILES string of the molecule is CC(C)(C)c1ccccc1-c1ccc(Cn2ccc3cc(C(=O)O)ccc32)cc1.C[C@H](N)c1ccc(Br)cc1.C[C@H](NC(=O)c1ccc2c(ccn2Cc2ccc(-c3ccccc3C(C)(C)C)cc2)c1)c1ccc(Br)cc1.O=C=O.O=C=O. The number of amides is 1. The van der Waals surface area contributed by atoms with Gasteiger partial charge in [0.15, 0.2) is 0 Å². The van der Waals surface area contributed by atoms with Crippen molar-refractivity contribution in [2.45, 2.75) is 91.4 Å². The van der Waals surface area contributed by atoms with Gasteiger partial charge in [-0.1, -0.05) is 195 Å². The number of hydrogen-bond donors (Lipinski definition) is 3. The molecule has 424 valence electrons. The number of aromatic carboxylic acids is 1. The van der Waals surface area contributed by atoms with E-state index in [1.165, 1.54) is 50.1 Å². The number of carbonyl (C=O) groups is 2. The summed E-state index contributed by atoms with van der Waals surface area (Å²) in [5.74, 6) is -0.966. The van der Waals surface area contributed by atoms with Crippen molar-refractivity contribution in [3.8, 4) is 22.3 Å². The van der Waals surface area contributed by atoms with E-state index in [9.17, 15) is 9.59 Å². The first-order valence-electron chi connectivity index (χ1n) is 26.9. The van der Waals surface area contributed by atoms with Gasteiger partial charge in [0.05, 0.1) is 11.6 Å². The molecule has 0 saturated heterocycles. The van der Waals surface area contributed by atoms with Crippen LogP contribution in [0.25, 0.3) is 44.1 Å². The number of carboxylic acid groups (broad SMARTS) is 1. The van der Waals surface area contributed by atoms with E-state index in [1.54, 1.807) is 12.1 Å². The molecule has 2 atom stereocenters. The molecule has 83 heavy (non-hydrogen) atoms. The van der Waals surface area contributed by atoms with Crippen molar-refractivity contribution in [1.82, 2.24) is 14.5 Å². The van der Waals surface area contributed by atoms with Gasteiger partial charge in [0.1, 0.15) is 0 Å². The summed E-state index contributed by atoms with van der Waals surface area (Å²) in [6.07, 6.45) is 4.61. The first-order valence-corrected chi connectivity index (χ1v) is 28.5. The topological polar surface area (TPSA) is 171 Å². The summed E-state index contributed by atoms with van der Waals surface area (Å²) in [5, 5.41) is 14.3. The first kappa shape index (κ1) is 63.6. The summed E-state index contributed by atoms with van der Waals surface area (Å²) in [4.78, 5) is 56.6. The van der Waals surface area contributed by atoms with E-state index >= 15 is 0 Å². The Bertz CT molecular complexity index is 3830. The van der Waals surface area contributed by atoms with Gasteiger partial charge in [-0.05, 0) is 153 Å². The number of hydrogen-bond acceptors (Lipinski definition) is 7. The lowest BCUT2D eigenvalue weighted by molar-refractivity contribution is -0.193. The van der Waals surface area contributed by atoms with Crippen LogP contribution < -0.4 is 11.1 Å². The lowest BCUT2D eigenvalue weighted by Crippen LogP contribution is -2.26. The largest absolute Gasteiger partial charge is 0.478 e. The maximum atomic E-state index is 12.9. The summed E-state index contributed by atoms with van der Waals surface area (Å²) in [6.45, 7) is 19.0. The van der Waals surface area contributed by atoms with Crippen LogP contribution in [0.4, 0.5) is 0 Å². The molecule has 0 aliphatic heterocycles. The molecule has 0 radical (unpaired) electrons. The molecule has 4 N–H and O–H groups in total. The molecule has 0 unspecified atom stereocenters. The molecule has 0 aliphatic rings. The van der Waals surface area contributed by atoms with Crippen molar-refractivity contribution in [1.29, 1.82) is 0 Å². The number of nitrogens with one attached hydrogen (secondary N) is 1.